The normalized spacial score (nSPS) is 12.8. The van der Waals surface area contributed by atoms with Crippen molar-refractivity contribution in [3.05, 3.63) is 18.2 Å². The van der Waals surface area contributed by atoms with Crippen LogP contribution in [0.4, 0.5) is 0 Å². The minimum absolute atomic E-state index is 0.588. The molecule has 1 aromatic heterocycles. The van der Waals surface area contributed by atoms with Crippen molar-refractivity contribution in [2.75, 3.05) is 6.54 Å². The van der Waals surface area contributed by atoms with Crippen LogP contribution in [0.25, 0.3) is 0 Å². The number of hydrogen-bond donors (Lipinski definition) is 1. The summed E-state index contributed by atoms with van der Waals surface area (Å²) in [5, 5.41) is 3.70. The predicted molar refractivity (Wildman–Crippen MR) is 87.1 cm³/mol. The van der Waals surface area contributed by atoms with E-state index in [4.69, 9.17) is 0 Å². The van der Waals surface area contributed by atoms with Crippen LogP contribution >= 0.6 is 0 Å². The number of unbranched alkanes of at least 4 members (excludes halogenated alkanes) is 3. The van der Waals surface area contributed by atoms with Crippen molar-refractivity contribution in [2.45, 2.75) is 84.7 Å². The van der Waals surface area contributed by atoms with Crippen LogP contribution in [0, 0.1) is 0 Å². The van der Waals surface area contributed by atoms with E-state index in [1.165, 1.54) is 50.8 Å². The van der Waals surface area contributed by atoms with Gasteiger partial charge in [0.25, 0.3) is 0 Å². The summed E-state index contributed by atoms with van der Waals surface area (Å²) in [6, 6.07) is 0.588. The molecular formula is C17H33N3. The Morgan fingerprint density at radius 1 is 1.10 bits per heavy atom. The maximum absolute atomic E-state index is 4.55. The first-order valence-electron chi connectivity index (χ1n) is 8.55. The van der Waals surface area contributed by atoms with Crippen LogP contribution in [0.5, 0.6) is 0 Å². The van der Waals surface area contributed by atoms with E-state index in [2.05, 4.69) is 41.8 Å². The smallest absolute Gasteiger partial charge is 0.110 e. The highest BCUT2D eigenvalue weighted by Gasteiger charge is 2.12. The summed E-state index contributed by atoms with van der Waals surface area (Å²) in [6.07, 6.45) is 14.2. The number of nitrogens with one attached hydrogen (secondary N) is 1. The second-order valence-corrected chi connectivity index (χ2v) is 5.74. The van der Waals surface area contributed by atoms with Gasteiger partial charge in [-0.25, -0.2) is 4.98 Å². The maximum Gasteiger partial charge on any atom is 0.110 e. The van der Waals surface area contributed by atoms with Gasteiger partial charge in [0.2, 0.25) is 0 Å². The molecule has 0 amide bonds. The summed E-state index contributed by atoms with van der Waals surface area (Å²) in [4.78, 5) is 4.55. The molecule has 0 spiro atoms. The van der Waals surface area contributed by atoms with Crippen LogP contribution in [-0.4, -0.2) is 22.1 Å². The molecule has 0 saturated carbocycles. The molecule has 1 rings (SSSR count). The summed E-state index contributed by atoms with van der Waals surface area (Å²) >= 11 is 0. The zero-order valence-corrected chi connectivity index (χ0v) is 13.7. The van der Waals surface area contributed by atoms with Crippen molar-refractivity contribution in [2.24, 2.45) is 0 Å². The second-order valence-electron chi connectivity index (χ2n) is 5.74. The van der Waals surface area contributed by atoms with Crippen molar-refractivity contribution in [1.29, 1.82) is 0 Å². The predicted octanol–water partition coefficient (Wildman–Crippen LogP) is 4.17. The van der Waals surface area contributed by atoms with Crippen LogP contribution < -0.4 is 5.32 Å². The summed E-state index contributed by atoms with van der Waals surface area (Å²) in [7, 11) is 0. The molecule has 1 atom stereocenters. The second kappa shape index (κ2) is 10.9. The van der Waals surface area contributed by atoms with E-state index < -0.39 is 0 Å². The van der Waals surface area contributed by atoms with E-state index >= 15 is 0 Å². The number of aryl methyl sites for hydroxylation is 1. The van der Waals surface area contributed by atoms with E-state index in [9.17, 15) is 0 Å². The van der Waals surface area contributed by atoms with E-state index in [-0.39, 0.29) is 0 Å². The van der Waals surface area contributed by atoms with Gasteiger partial charge in [0.1, 0.15) is 5.82 Å². The average molecular weight is 279 g/mol. The molecule has 0 bridgehead atoms. The fourth-order valence-electron chi connectivity index (χ4n) is 2.64. The third-order valence-corrected chi connectivity index (χ3v) is 3.78. The van der Waals surface area contributed by atoms with Crippen LogP contribution in [0.15, 0.2) is 12.4 Å². The Kier molecular flexibility index (Phi) is 9.38. The molecule has 0 aliphatic heterocycles. The van der Waals surface area contributed by atoms with Gasteiger partial charge in [-0.05, 0) is 25.8 Å². The number of imidazole rings is 1. The van der Waals surface area contributed by atoms with E-state index in [0.717, 1.165) is 19.5 Å². The van der Waals surface area contributed by atoms with Gasteiger partial charge < -0.3 is 9.88 Å². The van der Waals surface area contributed by atoms with Gasteiger partial charge >= 0.3 is 0 Å². The van der Waals surface area contributed by atoms with Crippen molar-refractivity contribution < 1.29 is 0 Å². The molecule has 1 N–H and O–H groups in total. The molecule has 0 aromatic carbocycles. The van der Waals surface area contributed by atoms with E-state index in [1.54, 1.807) is 0 Å². The lowest BCUT2D eigenvalue weighted by atomic mass is 10.0. The summed E-state index contributed by atoms with van der Waals surface area (Å²) in [5.74, 6) is 1.25. The molecule has 1 unspecified atom stereocenters. The Morgan fingerprint density at radius 2 is 1.95 bits per heavy atom. The molecular weight excluding hydrogens is 246 g/mol. The topological polar surface area (TPSA) is 29.9 Å². The first kappa shape index (κ1) is 17.2. The molecule has 3 heteroatoms. The molecule has 0 aliphatic rings. The molecule has 20 heavy (non-hydrogen) atoms. The molecule has 0 saturated heterocycles. The zero-order chi connectivity index (χ0) is 14.6. The van der Waals surface area contributed by atoms with Gasteiger partial charge in [0, 0.05) is 31.4 Å². The van der Waals surface area contributed by atoms with Crippen LogP contribution in [0.3, 0.4) is 0 Å². The lowest BCUT2D eigenvalue weighted by Gasteiger charge is -2.19. The maximum atomic E-state index is 4.55. The zero-order valence-electron chi connectivity index (χ0n) is 13.7. The first-order chi connectivity index (χ1) is 9.81. The summed E-state index contributed by atoms with van der Waals surface area (Å²) in [6.45, 7) is 8.94. The first-order valence-corrected chi connectivity index (χ1v) is 8.55. The SMILES string of the molecule is CCCCCCC(Cc1nccn1CCC)NCCC. The van der Waals surface area contributed by atoms with Crippen molar-refractivity contribution in [3.8, 4) is 0 Å². The van der Waals surface area contributed by atoms with Crippen molar-refractivity contribution in [3.63, 3.8) is 0 Å². The largest absolute Gasteiger partial charge is 0.335 e. The Morgan fingerprint density at radius 3 is 2.65 bits per heavy atom. The summed E-state index contributed by atoms with van der Waals surface area (Å²) in [5.41, 5.74) is 0. The Bertz CT molecular complexity index is 333. The third-order valence-electron chi connectivity index (χ3n) is 3.78. The Hall–Kier alpha value is -0.830. The van der Waals surface area contributed by atoms with Crippen LogP contribution in [0.2, 0.25) is 0 Å². The lowest BCUT2D eigenvalue weighted by Crippen LogP contribution is -2.32. The molecule has 0 fully saturated rings. The monoisotopic (exact) mass is 279 g/mol. The van der Waals surface area contributed by atoms with E-state index in [0.29, 0.717) is 6.04 Å². The average Bonchev–Trinajstić information content (AvgIpc) is 2.88. The standard InChI is InChI=1S/C17H33N3/c1-4-7-8-9-10-16(18-11-5-2)15-17-19-12-14-20(17)13-6-3/h12,14,16,18H,4-11,13,15H2,1-3H3. The van der Waals surface area contributed by atoms with Gasteiger partial charge in [-0.1, -0.05) is 46.5 Å². The number of nitrogens with zero attached hydrogens (tertiary/aromatic N) is 2. The van der Waals surface area contributed by atoms with Gasteiger partial charge in [0.15, 0.2) is 0 Å². The minimum Gasteiger partial charge on any atom is -0.335 e. The Labute approximate surface area is 125 Å². The highest BCUT2D eigenvalue weighted by molar-refractivity contribution is 4.95. The van der Waals surface area contributed by atoms with Crippen molar-refractivity contribution >= 4 is 0 Å². The highest BCUT2D eigenvalue weighted by atomic mass is 15.1. The number of hydrogen-bond acceptors (Lipinski definition) is 2. The molecule has 116 valence electrons. The Balaban J connectivity index is 2.47. The molecule has 1 aromatic rings. The molecule has 1 heterocycles. The molecule has 3 nitrogen and oxygen atoms in total. The summed E-state index contributed by atoms with van der Waals surface area (Å²) < 4.78 is 2.31. The quantitative estimate of drug-likeness (QED) is 0.582. The molecule has 0 radical (unpaired) electrons. The van der Waals surface area contributed by atoms with Gasteiger partial charge in [-0.2, -0.15) is 0 Å². The highest BCUT2D eigenvalue weighted by Crippen LogP contribution is 2.11. The van der Waals surface area contributed by atoms with Crippen LogP contribution in [-0.2, 0) is 13.0 Å². The van der Waals surface area contributed by atoms with Crippen molar-refractivity contribution in [1.82, 2.24) is 14.9 Å². The minimum atomic E-state index is 0.588. The van der Waals surface area contributed by atoms with E-state index in [1.807, 2.05) is 6.20 Å². The van der Waals surface area contributed by atoms with Gasteiger partial charge in [0.05, 0.1) is 0 Å². The van der Waals surface area contributed by atoms with Gasteiger partial charge in [-0.3, -0.25) is 0 Å². The molecule has 0 aliphatic carbocycles. The fraction of sp³-hybridized carbons (Fsp3) is 0.824. The van der Waals surface area contributed by atoms with Gasteiger partial charge in [-0.15, -0.1) is 0 Å². The number of rotatable bonds is 12. The fourth-order valence-corrected chi connectivity index (χ4v) is 2.64. The lowest BCUT2D eigenvalue weighted by molar-refractivity contribution is 0.438. The number of aromatic nitrogens is 2. The van der Waals surface area contributed by atoms with Crippen LogP contribution in [0.1, 0.15) is 71.5 Å². The third kappa shape index (κ3) is 6.56.